The Morgan fingerprint density at radius 3 is 2.34 bits per heavy atom. The predicted molar refractivity (Wildman–Crippen MR) is 142 cm³/mol. The van der Waals surface area contributed by atoms with E-state index in [1.807, 2.05) is 13.8 Å². The van der Waals surface area contributed by atoms with Gasteiger partial charge in [-0.25, -0.2) is 8.42 Å². The van der Waals surface area contributed by atoms with Crippen molar-refractivity contribution in [2.24, 2.45) is 11.3 Å². The number of halogens is 4. The van der Waals surface area contributed by atoms with Crippen molar-refractivity contribution in [3.8, 4) is 11.3 Å². The van der Waals surface area contributed by atoms with E-state index in [1.165, 1.54) is 12.5 Å². The highest BCUT2D eigenvalue weighted by molar-refractivity contribution is 7.91. The van der Waals surface area contributed by atoms with Crippen LogP contribution in [-0.4, -0.2) is 53.3 Å². The van der Waals surface area contributed by atoms with Gasteiger partial charge in [-0.05, 0) is 56.6 Å². The average molecular weight is 577 g/mol. The van der Waals surface area contributed by atoms with Gasteiger partial charge >= 0.3 is 6.18 Å². The molecule has 38 heavy (non-hydrogen) atoms. The maximum Gasteiger partial charge on any atom is 0.394 e. The van der Waals surface area contributed by atoms with Gasteiger partial charge < -0.3 is 5.32 Å². The quantitative estimate of drug-likeness (QED) is 0.417. The SMILES string of the molecule is CCc1cc(CC(C)(C)C(F)(F)F)ncc1-c1c(Cl)c(C(=O)NCC2CCC(S(C)(=O)=O)CC2)nn1CC. The third-order valence-electron chi connectivity index (χ3n) is 7.43. The topological polar surface area (TPSA) is 93.9 Å². The van der Waals surface area contributed by atoms with Gasteiger partial charge in [-0.2, -0.15) is 18.3 Å². The number of aryl methyl sites for hydroxylation is 2. The van der Waals surface area contributed by atoms with Crippen LogP contribution in [0.2, 0.25) is 5.02 Å². The maximum atomic E-state index is 13.4. The van der Waals surface area contributed by atoms with E-state index in [2.05, 4.69) is 15.4 Å². The molecular formula is C26H36ClF3N4O3S. The van der Waals surface area contributed by atoms with Gasteiger partial charge in [0.1, 0.15) is 9.84 Å². The molecule has 2 aromatic heterocycles. The van der Waals surface area contributed by atoms with Crippen LogP contribution < -0.4 is 5.32 Å². The van der Waals surface area contributed by atoms with Crippen molar-refractivity contribution in [1.29, 1.82) is 0 Å². The highest BCUT2D eigenvalue weighted by Gasteiger charge is 2.47. The lowest BCUT2D eigenvalue weighted by Gasteiger charge is -2.27. The van der Waals surface area contributed by atoms with Crippen molar-refractivity contribution in [3.05, 3.63) is 34.2 Å². The summed E-state index contributed by atoms with van der Waals surface area (Å²) in [5, 5.41) is 7.14. The molecule has 0 aromatic carbocycles. The van der Waals surface area contributed by atoms with Crippen molar-refractivity contribution >= 4 is 27.3 Å². The summed E-state index contributed by atoms with van der Waals surface area (Å²) in [5.74, 6) is -0.254. The second-order valence-corrected chi connectivity index (χ2v) is 13.5. The largest absolute Gasteiger partial charge is 0.394 e. The van der Waals surface area contributed by atoms with E-state index in [-0.39, 0.29) is 28.3 Å². The molecule has 0 spiro atoms. The lowest BCUT2D eigenvalue weighted by atomic mass is 9.86. The van der Waals surface area contributed by atoms with Gasteiger partial charge in [-0.3, -0.25) is 14.5 Å². The number of alkyl halides is 3. The summed E-state index contributed by atoms with van der Waals surface area (Å²) in [7, 11) is -3.06. The van der Waals surface area contributed by atoms with Crippen LogP contribution >= 0.6 is 11.6 Å². The molecule has 7 nitrogen and oxygen atoms in total. The van der Waals surface area contributed by atoms with Crippen molar-refractivity contribution in [2.75, 3.05) is 12.8 Å². The monoisotopic (exact) mass is 576 g/mol. The molecule has 1 aliphatic rings. The molecule has 0 aliphatic heterocycles. The zero-order valence-corrected chi connectivity index (χ0v) is 24.0. The molecular weight excluding hydrogens is 541 g/mol. The average Bonchev–Trinajstić information content (AvgIpc) is 3.17. The van der Waals surface area contributed by atoms with Crippen LogP contribution in [0.1, 0.15) is 75.1 Å². The fourth-order valence-electron chi connectivity index (χ4n) is 4.86. The van der Waals surface area contributed by atoms with E-state index in [9.17, 15) is 26.4 Å². The molecule has 1 fully saturated rings. The third-order valence-corrected chi connectivity index (χ3v) is 9.47. The minimum Gasteiger partial charge on any atom is -0.350 e. The van der Waals surface area contributed by atoms with E-state index >= 15 is 0 Å². The van der Waals surface area contributed by atoms with Crippen molar-refractivity contribution in [2.45, 2.75) is 84.2 Å². The standard InChI is InChI=1S/C26H36ClF3N4O3S/c1-6-17-12-18(13-25(3,4)26(28,29)30)31-15-20(17)23-21(27)22(33-34(23)7-2)24(35)32-14-16-8-10-19(11-9-16)38(5,36)37/h12,15-16,19H,6-11,13-14H2,1-5H3,(H,32,35). The van der Waals surface area contributed by atoms with Crippen molar-refractivity contribution < 1.29 is 26.4 Å². The lowest BCUT2D eigenvalue weighted by Crippen LogP contribution is -2.34. The highest BCUT2D eigenvalue weighted by atomic mass is 35.5. The van der Waals surface area contributed by atoms with E-state index in [4.69, 9.17) is 11.6 Å². The number of pyridine rings is 1. The van der Waals surface area contributed by atoms with Crippen LogP contribution in [0, 0.1) is 11.3 Å². The number of carbonyl (C=O) groups excluding carboxylic acids is 1. The molecule has 12 heteroatoms. The number of nitrogens with zero attached hydrogens (tertiary/aromatic N) is 3. The first-order valence-electron chi connectivity index (χ1n) is 12.9. The van der Waals surface area contributed by atoms with Gasteiger partial charge in [0.05, 0.1) is 21.4 Å². The summed E-state index contributed by atoms with van der Waals surface area (Å²) >= 11 is 6.68. The molecule has 0 radical (unpaired) electrons. The first kappa shape index (κ1) is 30.4. The Bertz CT molecular complexity index is 1270. The fraction of sp³-hybridized carbons (Fsp3) is 0.654. The van der Waals surface area contributed by atoms with Crippen molar-refractivity contribution in [3.63, 3.8) is 0 Å². The molecule has 1 saturated carbocycles. The van der Waals surface area contributed by atoms with Gasteiger partial charge in [0.2, 0.25) is 0 Å². The second-order valence-electron chi connectivity index (χ2n) is 10.8. The van der Waals surface area contributed by atoms with Crippen molar-refractivity contribution in [1.82, 2.24) is 20.1 Å². The van der Waals surface area contributed by atoms with E-state index in [1.54, 1.807) is 10.7 Å². The molecule has 212 valence electrons. The number of aromatic nitrogens is 3. The summed E-state index contributed by atoms with van der Waals surface area (Å²) in [5.41, 5.74) is 0.356. The molecule has 2 heterocycles. The summed E-state index contributed by atoms with van der Waals surface area (Å²) < 4.78 is 65.4. The van der Waals surface area contributed by atoms with Crippen LogP contribution in [0.5, 0.6) is 0 Å². The predicted octanol–water partition coefficient (Wildman–Crippen LogP) is 5.65. The maximum absolute atomic E-state index is 13.4. The van der Waals surface area contributed by atoms with Crippen LogP contribution in [0.3, 0.4) is 0 Å². The molecule has 1 N–H and O–H groups in total. The van der Waals surface area contributed by atoms with E-state index in [0.29, 0.717) is 62.1 Å². The zero-order chi connectivity index (χ0) is 28.5. The Balaban J connectivity index is 1.80. The smallest absolute Gasteiger partial charge is 0.350 e. The van der Waals surface area contributed by atoms with E-state index in [0.717, 1.165) is 19.4 Å². The van der Waals surface area contributed by atoms with Crippen LogP contribution in [0.15, 0.2) is 12.3 Å². The summed E-state index contributed by atoms with van der Waals surface area (Å²) in [6.07, 6.45) is 1.27. The minimum atomic E-state index is -4.36. The molecule has 0 unspecified atom stereocenters. The molecule has 0 atom stereocenters. The summed E-state index contributed by atoms with van der Waals surface area (Å²) in [6.45, 7) is 6.87. The number of nitrogens with one attached hydrogen (secondary N) is 1. The van der Waals surface area contributed by atoms with E-state index < -0.39 is 27.3 Å². The first-order valence-corrected chi connectivity index (χ1v) is 15.2. The molecule has 1 amide bonds. The summed E-state index contributed by atoms with van der Waals surface area (Å²) in [4.78, 5) is 17.3. The first-order chi connectivity index (χ1) is 17.6. The van der Waals surface area contributed by atoms with Gasteiger partial charge in [-0.1, -0.05) is 32.4 Å². The Hall–Kier alpha value is -2.14. The Morgan fingerprint density at radius 2 is 1.82 bits per heavy atom. The number of carbonyl (C=O) groups is 1. The number of hydrogen-bond acceptors (Lipinski definition) is 5. The third kappa shape index (κ3) is 6.70. The fourth-order valence-corrected chi connectivity index (χ4v) is 6.31. The molecule has 1 aliphatic carbocycles. The Kier molecular flexibility index (Phi) is 9.23. The number of sulfone groups is 1. The lowest BCUT2D eigenvalue weighted by molar-refractivity contribution is -0.211. The number of amides is 1. The Labute approximate surface area is 227 Å². The zero-order valence-electron chi connectivity index (χ0n) is 22.5. The van der Waals surface area contributed by atoms with Gasteiger partial charge in [0.25, 0.3) is 5.91 Å². The Morgan fingerprint density at radius 1 is 1.18 bits per heavy atom. The van der Waals surface area contributed by atoms with Crippen LogP contribution in [0.25, 0.3) is 11.3 Å². The molecule has 3 rings (SSSR count). The minimum absolute atomic E-state index is 0.0673. The normalized spacial score (nSPS) is 19.0. The second kappa shape index (κ2) is 11.5. The number of hydrogen-bond donors (Lipinski definition) is 1. The molecule has 2 aromatic rings. The molecule has 0 bridgehead atoms. The van der Waals surface area contributed by atoms with Gasteiger partial charge in [0, 0.05) is 43.2 Å². The van der Waals surface area contributed by atoms with Crippen LogP contribution in [0.4, 0.5) is 13.2 Å². The summed E-state index contributed by atoms with van der Waals surface area (Å²) in [6, 6.07) is 1.67. The highest BCUT2D eigenvalue weighted by Crippen LogP contribution is 2.41. The van der Waals surface area contributed by atoms with Crippen LogP contribution in [-0.2, 0) is 29.2 Å². The number of rotatable bonds is 9. The molecule has 0 saturated heterocycles. The van der Waals surface area contributed by atoms with Gasteiger partial charge in [0.15, 0.2) is 5.69 Å². The van der Waals surface area contributed by atoms with Gasteiger partial charge in [-0.15, -0.1) is 0 Å².